The number of carboxylic acid groups (broad SMARTS) is 4. The Morgan fingerprint density at radius 3 is 2.10 bits per heavy atom. The van der Waals surface area contributed by atoms with Crippen LogP contribution < -0.4 is 21.3 Å². The van der Waals surface area contributed by atoms with Crippen molar-refractivity contribution in [3.05, 3.63) is 33.4 Å². The number of aliphatic carboxylic acids is 4. The fourth-order valence-electron chi connectivity index (χ4n) is 4.61. The molecule has 8 N–H and O–H groups in total. The van der Waals surface area contributed by atoms with Crippen LogP contribution in [0.15, 0.2) is 24.3 Å². The first-order valence-corrected chi connectivity index (χ1v) is 17.5. The van der Waals surface area contributed by atoms with Crippen molar-refractivity contribution in [1.82, 2.24) is 26.2 Å². The molecule has 0 spiro atoms. The van der Waals surface area contributed by atoms with E-state index in [1.165, 1.54) is 0 Å². The summed E-state index contributed by atoms with van der Waals surface area (Å²) in [6, 6.07) is 1.41. The molecule has 274 valence electrons. The predicted octanol–water partition coefficient (Wildman–Crippen LogP) is 0.472. The van der Waals surface area contributed by atoms with Crippen molar-refractivity contribution in [2.75, 3.05) is 18.8 Å². The number of amides is 6. The van der Waals surface area contributed by atoms with Crippen molar-refractivity contribution in [3.63, 3.8) is 0 Å². The highest BCUT2D eigenvalue weighted by Crippen LogP contribution is 2.26. The molecule has 0 aliphatic carbocycles. The number of hydrogen-bond acceptors (Lipinski definition) is 10. The molecule has 1 fully saturated rings. The lowest BCUT2D eigenvalue weighted by molar-refractivity contribution is -0.142. The van der Waals surface area contributed by atoms with Gasteiger partial charge in [0.25, 0.3) is 5.91 Å². The van der Waals surface area contributed by atoms with Gasteiger partial charge in [0.15, 0.2) is 0 Å². The van der Waals surface area contributed by atoms with Crippen molar-refractivity contribution in [2.24, 2.45) is 0 Å². The largest absolute Gasteiger partial charge is 0.481 e. The van der Waals surface area contributed by atoms with Gasteiger partial charge in [-0.3, -0.25) is 28.9 Å². The van der Waals surface area contributed by atoms with Crippen molar-refractivity contribution < 1.29 is 63.6 Å². The van der Waals surface area contributed by atoms with E-state index in [-0.39, 0.29) is 63.3 Å². The van der Waals surface area contributed by atoms with Gasteiger partial charge in [-0.1, -0.05) is 6.07 Å². The lowest BCUT2D eigenvalue weighted by Crippen LogP contribution is -2.52. The van der Waals surface area contributed by atoms with Crippen molar-refractivity contribution in [3.8, 4) is 0 Å². The number of carbonyl (C=O) groups is 9. The van der Waals surface area contributed by atoms with Crippen molar-refractivity contribution >= 4 is 87.9 Å². The summed E-state index contributed by atoms with van der Waals surface area (Å²) in [6.45, 7) is 0.171. The van der Waals surface area contributed by atoms with Gasteiger partial charge in [-0.05, 0) is 72.9 Å². The van der Waals surface area contributed by atoms with Crippen LogP contribution >= 0.6 is 34.4 Å². The van der Waals surface area contributed by atoms with Gasteiger partial charge in [-0.25, -0.2) is 19.2 Å². The van der Waals surface area contributed by atoms with E-state index in [0.29, 0.717) is 5.56 Å². The fraction of sp³-hybridized carbons (Fsp3) is 0.500. The van der Waals surface area contributed by atoms with E-state index in [0.717, 1.165) is 20.2 Å². The molecule has 0 bridgehead atoms. The average Bonchev–Trinajstić information content (AvgIpc) is 3.31. The van der Waals surface area contributed by atoms with Crippen LogP contribution in [0.4, 0.5) is 4.79 Å². The molecule has 4 atom stereocenters. The van der Waals surface area contributed by atoms with Gasteiger partial charge in [-0.2, -0.15) is 0 Å². The van der Waals surface area contributed by atoms with Gasteiger partial charge >= 0.3 is 29.9 Å². The van der Waals surface area contributed by atoms with Crippen LogP contribution in [0, 0.1) is 3.57 Å². The van der Waals surface area contributed by atoms with Crippen molar-refractivity contribution in [1.29, 1.82) is 0 Å². The maximum absolute atomic E-state index is 12.9. The van der Waals surface area contributed by atoms with E-state index in [4.69, 9.17) is 10.2 Å². The SMILES string of the molecule is O=C(O)CC[C@H](NC(=O)N[C@@H](CSC1CC(=O)N(CCCC[C@H](NC(=O)CCCNC(=O)c2cccc(I)c2)C(=O)O)C1=O)C(=O)O)C(=O)O. The second-order valence-corrected chi connectivity index (χ2v) is 13.5. The predicted molar refractivity (Wildman–Crippen MR) is 183 cm³/mol. The molecule has 1 aliphatic rings. The van der Waals surface area contributed by atoms with E-state index in [1.54, 1.807) is 18.2 Å². The van der Waals surface area contributed by atoms with E-state index in [1.807, 2.05) is 11.4 Å². The van der Waals surface area contributed by atoms with Gasteiger partial charge in [0, 0.05) is 47.2 Å². The van der Waals surface area contributed by atoms with Crippen LogP contribution in [0.2, 0.25) is 0 Å². The van der Waals surface area contributed by atoms with Crippen LogP contribution in [0.25, 0.3) is 0 Å². The third kappa shape index (κ3) is 14.6. The van der Waals surface area contributed by atoms with Gasteiger partial charge in [0.1, 0.15) is 18.1 Å². The number of carboxylic acids is 4. The summed E-state index contributed by atoms with van der Waals surface area (Å²) in [5.74, 6) is -7.85. The molecule has 18 nitrogen and oxygen atoms in total. The molecule has 6 amide bonds. The number of benzene rings is 1. The van der Waals surface area contributed by atoms with Crippen LogP contribution in [0.3, 0.4) is 0 Å². The molecule has 2 rings (SSSR count). The van der Waals surface area contributed by atoms with Crippen molar-refractivity contribution in [2.45, 2.75) is 74.7 Å². The third-order valence-electron chi connectivity index (χ3n) is 7.23. The Morgan fingerprint density at radius 1 is 0.840 bits per heavy atom. The van der Waals surface area contributed by atoms with Gasteiger partial charge < -0.3 is 41.7 Å². The summed E-state index contributed by atoms with van der Waals surface area (Å²) in [5.41, 5.74) is 0.479. The first kappa shape index (κ1) is 41.7. The normalized spacial score (nSPS) is 15.8. The summed E-state index contributed by atoms with van der Waals surface area (Å²) in [7, 11) is 0. The molecule has 50 heavy (non-hydrogen) atoms. The molecule has 1 saturated heterocycles. The highest BCUT2D eigenvalue weighted by atomic mass is 127. The topological polar surface area (TPSA) is 286 Å². The Hall–Kier alpha value is -4.47. The van der Waals surface area contributed by atoms with E-state index in [2.05, 4.69) is 38.5 Å². The smallest absolute Gasteiger partial charge is 0.327 e. The van der Waals surface area contributed by atoms with Gasteiger partial charge in [-0.15, -0.1) is 11.8 Å². The number of urea groups is 1. The molecule has 1 aliphatic heterocycles. The Kier molecular flexibility index (Phi) is 17.4. The lowest BCUT2D eigenvalue weighted by Gasteiger charge is -2.19. The summed E-state index contributed by atoms with van der Waals surface area (Å²) < 4.78 is 0.894. The molecular weight excluding hydrogens is 797 g/mol. The molecule has 1 aromatic carbocycles. The van der Waals surface area contributed by atoms with Crippen LogP contribution in [0.5, 0.6) is 0 Å². The first-order chi connectivity index (χ1) is 23.6. The second kappa shape index (κ2) is 20.9. The number of nitrogens with zero attached hydrogens (tertiary/aromatic N) is 1. The quantitative estimate of drug-likeness (QED) is 0.0448. The molecule has 1 aromatic rings. The monoisotopic (exact) mass is 835 g/mol. The zero-order valence-electron chi connectivity index (χ0n) is 26.6. The van der Waals surface area contributed by atoms with Crippen LogP contribution in [-0.4, -0.2) is 121 Å². The average molecular weight is 836 g/mol. The minimum absolute atomic E-state index is 0.0198. The molecule has 1 heterocycles. The summed E-state index contributed by atoms with van der Waals surface area (Å²) in [6.07, 6.45) is -0.495. The number of imide groups is 1. The lowest BCUT2D eigenvalue weighted by atomic mass is 10.1. The number of nitrogens with one attached hydrogen (secondary N) is 4. The summed E-state index contributed by atoms with van der Waals surface area (Å²) in [5, 5.41) is 45.2. The molecular formula is C30H38IN5O13S. The fourth-order valence-corrected chi connectivity index (χ4v) is 6.34. The number of likely N-dealkylation sites (tertiary alicyclic amines) is 1. The minimum atomic E-state index is -1.59. The van der Waals surface area contributed by atoms with E-state index >= 15 is 0 Å². The zero-order valence-corrected chi connectivity index (χ0v) is 29.6. The zero-order chi connectivity index (χ0) is 37.4. The Labute approximate surface area is 303 Å². The van der Waals surface area contributed by atoms with Crippen LogP contribution in [-0.2, 0) is 33.6 Å². The summed E-state index contributed by atoms with van der Waals surface area (Å²) >= 11 is 2.89. The maximum Gasteiger partial charge on any atom is 0.327 e. The van der Waals surface area contributed by atoms with Gasteiger partial charge in [0.2, 0.25) is 17.7 Å². The third-order valence-corrected chi connectivity index (χ3v) is 9.20. The van der Waals surface area contributed by atoms with Gasteiger partial charge in [0.05, 0.1) is 5.25 Å². The highest BCUT2D eigenvalue weighted by Gasteiger charge is 2.39. The highest BCUT2D eigenvalue weighted by molar-refractivity contribution is 14.1. The standard InChI is InChI=1S/C30H38IN5O13S/c31-17-6-3-5-16(13-17)25(41)32-11-4-8-22(37)33-18(27(43)44)7-1-2-12-36-23(38)14-21(26(36)42)50-15-20(29(47)48)35-30(49)34-19(28(45)46)9-10-24(39)40/h3,5-6,13,18-21H,1-2,4,7-12,14-15H2,(H,32,41)(H,33,37)(H,39,40)(H,43,44)(H,45,46)(H,47,48)(H2,34,35,49)/t18-,19-,20-,21?/m0/s1. The number of rotatable bonds is 22. The Morgan fingerprint density at radius 2 is 1.48 bits per heavy atom. The maximum atomic E-state index is 12.9. The number of carbonyl (C=O) groups excluding carboxylic acids is 5. The van der Waals surface area contributed by atoms with E-state index in [9.17, 15) is 53.4 Å². The minimum Gasteiger partial charge on any atom is -0.481 e. The number of thioether (sulfide) groups is 1. The molecule has 0 radical (unpaired) electrons. The Bertz CT molecular complexity index is 1460. The second-order valence-electron chi connectivity index (χ2n) is 11.1. The number of unbranched alkanes of at least 4 members (excludes halogenated alkanes) is 1. The number of halogens is 1. The number of hydrogen-bond donors (Lipinski definition) is 8. The molecule has 0 saturated carbocycles. The van der Waals surface area contributed by atoms with Crippen LogP contribution in [0.1, 0.15) is 61.7 Å². The molecule has 0 aromatic heterocycles. The summed E-state index contributed by atoms with van der Waals surface area (Å²) in [4.78, 5) is 108. The van der Waals surface area contributed by atoms with E-state index < -0.39 is 83.8 Å². The first-order valence-electron chi connectivity index (χ1n) is 15.3. The molecule has 1 unspecified atom stereocenters. The Balaban J connectivity index is 1.75. The molecule has 20 heteroatoms.